The van der Waals surface area contributed by atoms with Gasteiger partial charge in [0.2, 0.25) is 0 Å². The first-order chi connectivity index (χ1) is 10.3. The van der Waals surface area contributed by atoms with Crippen LogP contribution in [0.25, 0.3) is 0 Å². The Labute approximate surface area is 134 Å². The van der Waals surface area contributed by atoms with E-state index in [1.807, 2.05) is 0 Å². The first-order valence-electron chi connectivity index (χ1n) is 8.22. The summed E-state index contributed by atoms with van der Waals surface area (Å²) in [6.45, 7) is 13.7. The van der Waals surface area contributed by atoms with Gasteiger partial charge in [0, 0.05) is 31.4 Å². The Kier molecular flexibility index (Phi) is 4.00. The van der Waals surface area contributed by atoms with Crippen LogP contribution in [0.3, 0.4) is 0 Å². The van der Waals surface area contributed by atoms with Crippen LogP contribution in [0.4, 0.5) is 5.69 Å². The molecule has 0 bridgehead atoms. The van der Waals surface area contributed by atoms with Crippen LogP contribution in [0.1, 0.15) is 34.6 Å². The van der Waals surface area contributed by atoms with Gasteiger partial charge in [-0.2, -0.15) is 0 Å². The van der Waals surface area contributed by atoms with Crippen molar-refractivity contribution in [1.82, 2.24) is 5.32 Å². The fraction of sp³-hybridized carbons (Fsp3) is 0.647. The summed E-state index contributed by atoms with van der Waals surface area (Å²) < 4.78 is 12.2. The van der Waals surface area contributed by atoms with E-state index >= 15 is 0 Å². The van der Waals surface area contributed by atoms with Gasteiger partial charge in [0.15, 0.2) is 0 Å². The van der Waals surface area contributed by atoms with Crippen LogP contribution in [0.15, 0.2) is 24.3 Å². The molecule has 2 saturated heterocycles. The van der Waals surface area contributed by atoms with Crippen molar-refractivity contribution < 1.29 is 9.31 Å². The van der Waals surface area contributed by atoms with Gasteiger partial charge in [-0.05, 0) is 52.2 Å². The minimum Gasteiger partial charge on any atom is -0.399 e. The van der Waals surface area contributed by atoms with Crippen LogP contribution in [0, 0.1) is 0 Å². The number of piperazine rings is 1. The van der Waals surface area contributed by atoms with E-state index in [2.05, 4.69) is 69.1 Å². The van der Waals surface area contributed by atoms with Gasteiger partial charge in [0.05, 0.1) is 11.2 Å². The average Bonchev–Trinajstić information content (AvgIpc) is 2.68. The zero-order valence-corrected chi connectivity index (χ0v) is 14.3. The number of rotatable bonds is 2. The SMILES string of the molecule is C[C@@H]1CN(c2ccc(B3OC(C)(C)C(C)(C)O3)cc2)CCN1. The van der Waals surface area contributed by atoms with E-state index in [0.29, 0.717) is 6.04 Å². The van der Waals surface area contributed by atoms with Crippen LogP contribution in [0.5, 0.6) is 0 Å². The van der Waals surface area contributed by atoms with E-state index < -0.39 is 0 Å². The molecule has 1 aromatic rings. The van der Waals surface area contributed by atoms with Crippen LogP contribution in [-0.4, -0.2) is 44.0 Å². The monoisotopic (exact) mass is 302 g/mol. The highest BCUT2D eigenvalue weighted by Gasteiger charge is 2.51. The van der Waals surface area contributed by atoms with Gasteiger partial charge in [-0.15, -0.1) is 0 Å². The van der Waals surface area contributed by atoms with E-state index in [1.54, 1.807) is 0 Å². The standard InChI is InChI=1S/C17H27BN2O2/c1-13-12-20(11-10-19-13)15-8-6-14(7-9-15)18-21-16(2,3)17(4,5)22-18/h6-9,13,19H,10-12H2,1-5H3/t13-/m1/s1. The average molecular weight is 302 g/mol. The third kappa shape index (κ3) is 2.90. The summed E-state index contributed by atoms with van der Waals surface area (Å²) in [6.07, 6.45) is 0. The topological polar surface area (TPSA) is 33.7 Å². The third-order valence-electron chi connectivity index (χ3n) is 5.15. The van der Waals surface area contributed by atoms with Crippen LogP contribution in [-0.2, 0) is 9.31 Å². The lowest BCUT2D eigenvalue weighted by atomic mass is 9.79. The molecule has 0 saturated carbocycles. The number of hydrogen-bond donors (Lipinski definition) is 1. The van der Waals surface area contributed by atoms with Crippen molar-refractivity contribution in [3.8, 4) is 0 Å². The maximum absolute atomic E-state index is 6.11. The molecule has 0 spiro atoms. The highest BCUT2D eigenvalue weighted by Crippen LogP contribution is 2.36. The lowest BCUT2D eigenvalue weighted by molar-refractivity contribution is 0.00578. The molecule has 5 heteroatoms. The molecule has 0 radical (unpaired) electrons. The number of nitrogens with zero attached hydrogens (tertiary/aromatic N) is 1. The number of nitrogens with one attached hydrogen (secondary N) is 1. The summed E-state index contributed by atoms with van der Waals surface area (Å²) in [5, 5.41) is 3.47. The lowest BCUT2D eigenvalue weighted by Crippen LogP contribution is -2.49. The Morgan fingerprint density at radius 1 is 1.09 bits per heavy atom. The molecule has 0 amide bonds. The van der Waals surface area contributed by atoms with Crippen molar-refractivity contribution in [3.05, 3.63) is 24.3 Å². The van der Waals surface area contributed by atoms with E-state index in [0.717, 1.165) is 25.1 Å². The minimum absolute atomic E-state index is 0.277. The Balaban J connectivity index is 1.72. The molecule has 0 aromatic heterocycles. The summed E-state index contributed by atoms with van der Waals surface area (Å²) in [5.41, 5.74) is 1.79. The normalized spacial score (nSPS) is 27.2. The lowest BCUT2D eigenvalue weighted by Gasteiger charge is -2.33. The molecule has 1 N–H and O–H groups in total. The van der Waals surface area contributed by atoms with Gasteiger partial charge >= 0.3 is 7.12 Å². The van der Waals surface area contributed by atoms with Crippen molar-refractivity contribution in [1.29, 1.82) is 0 Å². The largest absolute Gasteiger partial charge is 0.494 e. The highest BCUT2D eigenvalue weighted by molar-refractivity contribution is 6.62. The first kappa shape index (κ1) is 15.8. The molecule has 2 fully saturated rings. The number of benzene rings is 1. The molecule has 2 aliphatic heterocycles. The van der Waals surface area contributed by atoms with Crippen LogP contribution < -0.4 is 15.7 Å². The second kappa shape index (κ2) is 5.55. The maximum atomic E-state index is 6.11. The predicted molar refractivity (Wildman–Crippen MR) is 91.8 cm³/mol. The van der Waals surface area contributed by atoms with Crippen molar-refractivity contribution >= 4 is 18.3 Å². The molecule has 22 heavy (non-hydrogen) atoms. The Hall–Kier alpha value is -1.04. The summed E-state index contributed by atoms with van der Waals surface area (Å²) in [5.74, 6) is 0. The van der Waals surface area contributed by atoms with Crippen molar-refractivity contribution in [3.63, 3.8) is 0 Å². The fourth-order valence-electron chi connectivity index (χ4n) is 2.99. The third-order valence-corrected chi connectivity index (χ3v) is 5.15. The zero-order chi connectivity index (χ0) is 16.0. The van der Waals surface area contributed by atoms with Crippen molar-refractivity contribution in [2.75, 3.05) is 24.5 Å². The minimum atomic E-state index is -0.287. The maximum Gasteiger partial charge on any atom is 0.494 e. The van der Waals surface area contributed by atoms with E-state index in [4.69, 9.17) is 9.31 Å². The van der Waals surface area contributed by atoms with Gasteiger partial charge in [-0.25, -0.2) is 0 Å². The van der Waals surface area contributed by atoms with Crippen LogP contribution in [0.2, 0.25) is 0 Å². The predicted octanol–water partition coefficient (Wildman–Crippen LogP) is 1.78. The molecule has 1 atom stereocenters. The van der Waals surface area contributed by atoms with Gasteiger partial charge in [0.1, 0.15) is 0 Å². The van der Waals surface area contributed by atoms with Gasteiger partial charge in [0.25, 0.3) is 0 Å². The molecule has 0 aliphatic carbocycles. The molecular weight excluding hydrogens is 275 g/mol. The molecule has 4 nitrogen and oxygen atoms in total. The highest BCUT2D eigenvalue weighted by atomic mass is 16.7. The molecule has 0 unspecified atom stereocenters. The number of hydrogen-bond acceptors (Lipinski definition) is 4. The zero-order valence-electron chi connectivity index (χ0n) is 14.3. The summed E-state index contributed by atoms with van der Waals surface area (Å²) >= 11 is 0. The quantitative estimate of drug-likeness (QED) is 0.845. The van der Waals surface area contributed by atoms with Crippen molar-refractivity contribution in [2.45, 2.75) is 51.9 Å². The Morgan fingerprint density at radius 2 is 1.68 bits per heavy atom. The molecule has 2 aliphatic rings. The second-order valence-corrected chi connectivity index (χ2v) is 7.48. The molecule has 3 rings (SSSR count). The molecule has 2 heterocycles. The van der Waals surface area contributed by atoms with Gasteiger partial charge in [-0.1, -0.05) is 12.1 Å². The number of anilines is 1. The smallest absolute Gasteiger partial charge is 0.399 e. The molecule has 1 aromatic carbocycles. The Bertz CT molecular complexity index is 514. The summed E-state index contributed by atoms with van der Waals surface area (Å²) in [6, 6.07) is 9.15. The second-order valence-electron chi connectivity index (χ2n) is 7.48. The van der Waals surface area contributed by atoms with E-state index in [9.17, 15) is 0 Å². The van der Waals surface area contributed by atoms with E-state index in [-0.39, 0.29) is 18.3 Å². The summed E-state index contributed by atoms with van der Waals surface area (Å²) in [7, 11) is -0.277. The van der Waals surface area contributed by atoms with Crippen LogP contribution >= 0.6 is 0 Å². The fourth-order valence-corrected chi connectivity index (χ4v) is 2.99. The van der Waals surface area contributed by atoms with Gasteiger partial charge < -0.3 is 19.5 Å². The van der Waals surface area contributed by atoms with Gasteiger partial charge in [-0.3, -0.25) is 0 Å². The summed E-state index contributed by atoms with van der Waals surface area (Å²) in [4.78, 5) is 2.43. The first-order valence-corrected chi connectivity index (χ1v) is 8.22. The van der Waals surface area contributed by atoms with Crippen molar-refractivity contribution in [2.24, 2.45) is 0 Å². The Morgan fingerprint density at radius 3 is 2.23 bits per heavy atom. The van der Waals surface area contributed by atoms with E-state index in [1.165, 1.54) is 5.69 Å². The molecular formula is C17H27BN2O2. The molecule has 120 valence electrons.